The first kappa shape index (κ1) is 17.4. The molecular formula is C18H19N3O3S. The van der Waals surface area contributed by atoms with Gasteiger partial charge in [-0.15, -0.1) is 0 Å². The Hall–Kier alpha value is -2.38. The lowest BCUT2D eigenvalue weighted by Crippen LogP contribution is -2.48. The third kappa shape index (κ3) is 3.25. The lowest BCUT2D eigenvalue weighted by atomic mass is 10.0. The minimum atomic E-state index is -1.38. The molecule has 1 aliphatic rings. The fourth-order valence-electron chi connectivity index (χ4n) is 2.72. The number of carbonyl (C=O) groups is 2. The third-order valence-corrected chi connectivity index (χ3v) is 5.06. The highest BCUT2D eigenvalue weighted by Crippen LogP contribution is 2.42. The zero-order chi connectivity index (χ0) is 17.9. The Labute approximate surface area is 150 Å². The molecule has 6 nitrogen and oxygen atoms in total. The zero-order valence-electron chi connectivity index (χ0n) is 14.1. The molecule has 1 aliphatic heterocycles. The Bertz CT molecular complexity index is 757. The molecule has 1 aromatic carbocycles. The lowest BCUT2D eigenvalue weighted by Gasteiger charge is -2.34. The molecule has 1 fully saturated rings. The number of benzene rings is 1. The Morgan fingerprint density at radius 2 is 1.88 bits per heavy atom. The van der Waals surface area contributed by atoms with E-state index in [4.69, 9.17) is 4.74 Å². The Morgan fingerprint density at radius 3 is 2.48 bits per heavy atom. The van der Waals surface area contributed by atoms with Crippen molar-refractivity contribution in [1.82, 2.24) is 9.88 Å². The smallest absolute Gasteiger partial charge is 0.292 e. The average molecular weight is 357 g/mol. The van der Waals surface area contributed by atoms with Crippen molar-refractivity contribution in [2.75, 3.05) is 32.1 Å². The molecule has 3 rings (SSSR count). The van der Waals surface area contributed by atoms with Gasteiger partial charge in [0.15, 0.2) is 0 Å². The first-order valence-electron chi connectivity index (χ1n) is 7.87. The van der Waals surface area contributed by atoms with E-state index in [2.05, 4.69) is 4.98 Å². The zero-order valence-corrected chi connectivity index (χ0v) is 14.9. The van der Waals surface area contributed by atoms with Gasteiger partial charge in [-0.1, -0.05) is 36.4 Å². The molecule has 0 N–H and O–H groups in total. The molecule has 7 heteroatoms. The highest BCUT2D eigenvalue weighted by Gasteiger charge is 2.54. The second kappa shape index (κ2) is 7.25. The van der Waals surface area contributed by atoms with E-state index in [0.717, 1.165) is 5.82 Å². The average Bonchev–Trinajstić information content (AvgIpc) is 2.87. The Balaban J connectivity index is 1.78. The number of anilines is 1. The summed E-state index contributed by atoms with van der Waals surface area (Å²) in [4.78, 5) is 32.3. The molecule has 1 unspecified atom stereocenters. The summed E-state index contributed by atoms with van der Waals surface area (Å²) in [5, 5.41) is -0.626. The summed E-state index contributed by atoms with van der Waals surface area (Å²) in [7, 11) is 3.50. The van der Waals surface area contributed by atoms with Crippen LogP contribution in [-0.2, 0) is 15.3 Å². The molecule has 1 amide bonds. The quantitative estimate of drug-likeness (QED) is 0.792. The predicted octanol–water partition coefficient (Wildman–Crippen LogP) is 2.71. The maximum absolute atomic E-state index is 12.6. The van der Waals surface area contributed by atoms with E-state index >= 15 is 0 Å². The molecule has 25 heavy (non-hydrogen) atoms. The summed E-state index contributed by atoms with van der Waals surface area (Å²) >= 11 is 0.683. The number of aromatic nitrogens is 1. The number of carbonyl (C=O) groups excluding carboxylic acids is 2. The van der Waals surface area contributed by atoms with E-state index in [9.17, 15) is 9.59 Å². The number of ether oxygens (including phenoxy) is 1. The molecule has 1 aromatic heterocycles. The summed E-state index contributed by atoms with van der Waals surface area (Å²) < 4.78 is 6.03. The van der Waals surface area contributed by atoms with Crippen LogP contribution >= 0.6 is 11.8 Å². The van der Waals surface area contributed by atoms with Crippen molar-refractivity contribution in [2.24, 2.45) is 0 Å². The van der Waals surface area contributed by atoms with Gasteiger partial charge in [0.25, 0.3) is 10.4 Å². The van der Waals surface area contributed by atoms with Crippen LogP contribution in [0, 0.1) is 0 Å². The van der Waals surface area contributed by atoms with Crippen LogP contribution in [0.15, 0.2) is 54.7 Å². The number of nitrogens with zero attached hydrogens (tertiary/aromatic N) is 3. The summed E-state index contributed by atoms with van der Waals surface area (Å²) in [6, 6.07) is 14.8. The Morgan fingerprint density at radius 1 is 1.16 bits per heavy atom. The Kier molecular flexibility index (Phi) is 5.06. The number of amides is 1. The minimum Gasteiger partial charge on any atom is -0.357 e. The van der Waals surface area contributed by atoms with E-state index in [1.165, 1.54) is 4.90 Å². The van der Waals surface area contributed by atoms with Crippen molar-refractivity contribution in [3.8, 4) is 0 Å². The molecule has 0 bridgehead atoms. The SMILES string of the molecule is CN(CCOC1(c2ccccc2)C(=O)SC(=O)N1C)c1ccccn1. The second-order valence-corrected chi connectivity index (χ2v) is 6.61. The summed E-state index contributed by atoms with van der Waals surface area (Å²) in [6.07, 6.45) is 1.72. The highest BCUT2D eigenvalue weighted by molar-refractivity contribution is 8.26. The minimum absolute atomic E-state index is 0.270. The molecular weight excluding hydrogens is 338 g/mol. The maximum Gasteiger partial charge on any atom is 0.292 e. The van der Waals surface area contributed by atoms with Gasteiger partial charge >= 0.3 is 0 Å². The molecule has 130 valence electrons. The van der Waals surface area contributed by atoms with Gasteiger partial charge in [-0.3, -0.25) is 14.5 Å². The largest absolute Gasteiger partial charge is 0.357 e. The van der Waals surface area contributed by atoms with Crippen LogP contribution in [0.3, 0.4) is 0 Å². The molecule has 0 aliphatic carbocycles. The summed E-state index contributed by atoms with van der Waals surface area (Å²) in [6.45, 7) is 0.803. The van der Waals surface area contributed by atoms with E-state index in [0.29, 0.717) is 23.9 Å². The van der Waals surface area contributed by atoms with Gasteiger partial charge < -0.3 is 9.64 Å². The molecule has 0 spiro atoms. The first-order chi connectivity index (χ1) is 12.1. The van der Waals surface area contributed by atoms with Gasteiger partial charge in [0, 0.05) is 44.2 Å². The van der Waals surface area contributed by atoms with Gasteiger partial charge in [0.1, 0.15) is 5.82 Å². The third-order valence-electron chi connectivity index (χ3n) is 4.15. The van der Waals surface area contributed by atoms with Gasteiger partial charge in [-0.25, -0.2) is 4.98 Å². The van der Waals surface area contributed by atoms with Crippen LogP contribution in [0.25, 0.3) is 0 Å². The van der Waals surface area contributed by atoms with Gasteiger partial charge in [0.05, 0.1) is 6.61 Å². The molecule has 1 atom stereocenters. The van der Waals surface area contributed by atoms with Gasteiger partial charge in [-0.05, 0) is 12.1 Å². The molecule has 2 aromatic rings. The summed E-state index contributed by atoms with van der Waals surface area (Å²) in [5.74, 6) is 0.816. The van der Waals surface area contributed by atoms with Gasteiger partial charge in [-0.2, -0.15) is 0 Å². The number of hydrogen-bond acceptors (Lipinski definition) is 6. The molecule has 0 saturated carbocycles. The molecule has 2 heterocycles. The van der Waals surface area contributed by atoms with Crippen molar-refractivity contribution in [3.63, 3.8) is 0 Å². The van der Waals surface area contributed by atoms with Crippen LogP contribution in [0.2, 0.25) is 0 Å². The van der Waals surface area contributed by atoms with Crippen LogP contribution in [0.4, 0.5) is 10.6 Å². The van der Waals surface area contributed by atoms with Gasteiger partial charge in [0.2, 0.25) is 5.72 Å². The van der Waals surface area contributed by atoms with E-state index in [-0.39, 0.29) is 17.0 Å². The topological polar surface area (TPSA) is 62.7 Å². The van der Waals surface area contributed by atoms with Crippen LogP contribution in [-0.4, -0.2) is 47.5 Å². The fraction of sp³-hybridized carbons (Fsp3) is 0.278. The highest BCUT2D eigenvalue weighted by atomic mass is 32.2. The van der Waals surface area contributed by atoms with Crippen LogP contribution in [0.1, 0.15) is 5.56 Å². The number of hydrogen-bond donors (Lipinski definition) is 0. The number of likely N-dealkylation sites (N-methyl/N-ethyl adjacent to an activating group) is 2. The normalized spacial score (nSPS) is 20.2. The van der Waals surface area contributed by atoms with Crippen molar-refractivity contribution in [3.05, 3.63) is 60.3 Å². The van der Waals surface area contributed by atoms with E-state index in [1.807, 2.05) is 48.3 Å². The van der Waals surface area contributed by atoms with Crippen molar-refractivity contribution >= 4 is 27.9 Å². The predicted molar refractivity (Wildman–Crippen MR) is 97.3 cm³/mol. The molecule has 0 radical (unpaired) electrons. The monoisotopic (exact) mass is 357 g/mol. The summed E-state index contributed by atoms with van der Waals surface area (Å²) in [5.41, 5.74) is -0.727. The van der Waals surface area contributed by atoms with Crippen molar-refractivity contribution in [1.29, 1.82) is 0 Å². The number of pyridine rings is 1. The van der Waals surface area contributed by atoms with Crippen LogP contribution < -0.4 is 4.90 Å². The lowest BCUT2D eigenvalue weighted by molar-refractivity contribution is -0.155. The van der Waals surface area contributed by atoms with Crippen LogP contribution in [0.5, 0.6) is 0 Å². The van der Waals surface area contributed by atoms with Crippen molar-refractivity contribution < 1.29 is 14.3 Å². The second-order valence-electron chi connectivity index (χ2n) is 5.68. The standard InChI is InChI=1S/C18H19N3O3S/c1-20(15-10-6-7-11-19-15)12-13-24-18(14-8-4-3-5-9-14)16(22)25-17(23)21(18)2/h3-11H,12-13H2,1-2H3. The van der Waals surface area contributed by atoms with E-state index in [1.54, 1.807) is 25.4 Å². The first-order valence-corrected chi connectivity index (χ1v) is 8.69. The molecule has 1 saturated heterocycles. The fourth-order valence-corrected chi connectivity index (χ4v) is 3.60. The van der Waals surface area contributed by atoms with Crippen molar-refractivity contribution in [2.45, 2.75) is 5.72 Å². The number of rotatable bonds is 6. The van der Waals surface area contributed by atoms with E-state index < -0.39 is 5.72 Å². The number of thioether (sulfide) groups is 1. The maximum atomic E-state index is 12.6.